The summed E-state index contributed by atoms with van der Waals surface area (Å²) < 4.78 is 53.2. The Morgan fingerprint density at radius 1 is 1.27 bits per heavy atom. The quantitative estimate of drug-likeness (QED) is 0.360. The summed E-state index contributed by atoms with van der Waals surface area (Å²) in [5, 5.41) is 5.09. The maximum absolute atomic E-state index is 14.2. The number of primary sulfonamides is 1. The third kappa shape index (κ3) is 4.25. The molecule has 1 unspecified atom stereocenters. The molecule has 30 heavy (non-hydrogen) atoms. The number of sulfonamides is 1. The largest absolute Gasteiger partial charge is 0.382 e. The van der Waals surface area contributed by atoms with E-state index in [9.17, 15) is 17.2 Å². The third-order valence-corrected chi connectivity index (χ3v) is 7.01. The summed E-state index contributed by atoms with van der Waals surface area (Å²) in [4.78, 5) is 11.8. The van der Waals surface area contributed by atoms with Gasteiger partial charge in [0.15, 0.2) is 17.0 Å². The number of aryl methyl sites for hydroxylation is 2. The summed E-state index contributed by atoms with van der Waals surface area (Å²) >= 11 is 2.20. The Labute approximate surface area is 185 Å². The molecule has 8 nitrogen and oxygen atoms in total. The second-order valence-corrected chi connectivity index (χ2v) is 10.2. The van der Waals surface area contributed by atoms with Gasteiger partial charge in [0, 0.05) is 16.5 Å². The summed E-state index contributed by atoms with van der Waals surface area (Å²) in [6.45, 7) is 0.200. The lowest BCUT2D eigenvalue weighted by molar-refractivity contribution is 0.343. The maximum Gasteiger partial charge on any atom is 0.312 e. The summed E-state index contributed by atoms with van der Waals surface area (Å²) in [5.74, 6) is 0.170. The van der Waals surface area contributed by atoms with Gasteiger partial charge in [-0.15, -0.1) is 0 Å². The number of benzene rings is 1. The van der Waals surface area contributed by atoms with Crippen molar-refractivity contribution in [2.24, 2.45) is 5.14 Å². The number of fused-ring (bicyclic) bond motifs is 2. The molecule has 0 aliphatic heterocycles. The van der Waals surface area contributed by atoms with Gasteiger partial charge in [-0.1, -0.05) is 6.07 Å². The second kappa shape index (κ2) is 7.96. The lowest BCUT2D eigenvalue weighted by Crippen LogP contribution is -2.18. The van der Waals surface area contributed by atoms with Crippen molar-refractivity contribution in [2.45, 2.75) is 38.4 Å². The van der Waals surface area contributed by atoms with Gasteiger partial charge in [-0.3, -0.25) is 0 Å². The highest BCUT2D eigenvalue weighted by molar-refractivity contribution is 14.1. The summed E-state index contributed by atoms with van der Waals surface area (Å²) in [6, 6.07) is 3.82. The average molecular weight is 548 g/mol. The smallest absolute Gasteiger partial charge is 0.312 e. The Hall–Kier alpha value is -1.93. The van der Waals surface area contributed by atoms with Gasteiger partial charge >= 0.3 is 6.08 Å². The molecule has 1 aliphatic carbocycles. The van der Waals surface area contributed by atoms with Crippen LogP contribution in [0.15, 0.2) is 12.1 Å². The van der Waals surface area contributed by atoms with Gasteiger partial charge < -0.3 is 10.3 Å². The van der Waals surface area contributed by atoms with Crippen LogP contribution in [0.1, 0.15) is 41.5 Å². The molecule has 4 N–H and O–H groups in total. The number of imidazole rings is 1. The average Bonchev–Trinajstić information content (AvgIpc) is 3.16. The Balaban J connectivity index is 1.75. The highest BCUT2D eigenvalue weighted by Gasteiger charge is 2.24. The lowest BCUT2D eigenvalue weighted by atomic mass is 10.0. The van der Waals surface area contributed by atoms with Crippen LogP contribution in [-0.4, -0.2) is 33.7 Å². The number of alkyl halides is 1. The number of nitrogens with zero attached hydrogens (tertiary/aromatic N) is 4. The minimum Gasteiger partial charge on any atom is -0.382 e. The maximum atomic E-state index is 14.2. The molecule has 12 heteroatoms. The van der Waals surface area contributed by atoms with E-state index in [1.54, 1.807) is 4.57 Å². The number of rotatable bonds is 6. The Bertz CT molecular complexity index is 1250. The van der Waals surface area contributed by atoms with Crippen LogP contribution in [0.5, 0.6) is 0 Å². The van der Waals surface area contributed by atoms with E-state index in [2.05, 4.69) is 37.5 Å². The van der Waals surface area contributed by atoms with Crippen LogP contribution in [0.2, 0.25) is 0 Å². The first-order chi connectivity index (χ1) is 14.1. The molecule has 2 heterocycles. The Morgan fingerprint density at radius 3 is 2.77 bits per heavy atom. The summed E-state index contributed by atoms with van der Waals surface area (Å²) in [7, 11) is -3.65. The van der Waals surface area contributed by atoms with Crippen molar-refractivity contribution in [3.05, 3.63) is 44.3 Å². The molecule has 1 atom stereocenters. The van der Waals surface area contributed by atoms with Gasteiger partial charge in [-0.05, 0) is 64.6 Å². The zero-order chi connectivity index (χ0) is 21.6. The molecule has 0 spiro atoms. The lowest BCUT2D eigenvalue weighted by Gasteiger charge is -2.12. The van der Waals surface area contributed by atoms with Gasteiger partial charge in [0.25, 0.3) is 0 Å². The highest BCUT2D eigenvalue weighted by Crippen LogP contribution is 2.36. The number of halogens is 3. The van der Waals surface area contributed by atoms with Crippen LogP contribution in [0.4, 0.5) is 14.6 Å². The first-order valence-electron chi connectivity index (χ1n) is 9.26. The van der Waals surface area contributed by atoms with Crippen LogP contribution in [0, 0.1) is 9.65 Å². The molecule has 2 aromatic heterocycles. The summed E-state index contributed by atoms with van der Waals surface area (Å²) in [5.41, 5.74) is 8.81. The number of nitrogen functional groups attached to an aromatic ring is 1. The Morgan fingerprint density at radius 2 is 2.03 bits per heavy atom. The fourth-order valence-electron chi connectivity index (χ4n) is 3.76. The molecule has 160 valence electrons. The predicted molar refractivity (Wildman–Crippen MR) is 116 cm³/mol. The van der Waals surface area contributed by atoms with E-state index >= 15 is 0 Å². The van der Waals surface area contributed by atoms with Crippen molar-refractivity contribution in [1.29, 1.82) is 0 Å². The highest BCUT2D eigenvalue weighted by atomic mass is 127. The van der Waals surface area contributed by atoms with E-state index in [0.29, 0.717) is 30.7 Å². The van der Waals surface area contributed by atoms with Crippen LogP contribution >= 0.6 is 22.6 Å². The van der Waals surface area contributed by atoms with Crippen molar-refractivity contribution in [1.82, 2.24) is 19.5 Å². The van der Waals surface area contributed by atoms with E-state index in [0.717, 1.165) is 14.7 Å². The number of hydrogen-bond acceptors (Lipinski definition) is 6. The van der Waals surface area contributed by atoms with Crippen LogP contribution < -0.4 is 10.9 Å². The Kier molecular flexibility index (Phi) is 5.66. The van der Waals surface area contributed by atoms with Crippen molar-refractivity contribution >= 4 is 49.6 Å². The van der Waals surface area contributed by atoms with Crippen molar-refractivity contribution in [3.8, 4) is 0 Å². The molecule has 3 aromatic rings. The molecular formula is C18H19F2IN6O2S. The first kappa shape index (κ1) is 21.3. The molecule has 0 saturated carbocycles. The van der Waals surface area contributed by atoms with Crippen LogP contribution in [-0.2, 0) is 29.4 Å². The minimum absolute atomic E-state index is 0.101. The van der Waals surface area contributed by atoms with Gasteiger partial charge in [0.1, 0.15) is 12.0 Å². The van der Waals surface area contributed by atoms with E-state index in [1.165, 1.54) is 0 Å². The monoisotopic (exact) mass is 548 g/mol. The fourth-order valence-corrected chi connectivity index (χ4v) is 5.02. The molecular weight excluding hydrogens is 529 g/mol. The molecule has 0 amide bonds. The predicted octanol–water partition coefficient (Wildman–Crippen LogP) is 2.38. The SMILES string of the molecule is Nc1nc(F)nc2c1nc(Cc1cc3c(cc1I)CCC3F)n2CCCS(N)(=O)=O. The standard InChI is InChI=1S/C18H19F2IN6O2S/c19-12-3-2-9-7-13(21)10(6-11(9)12)8-14-24-15-16(22)25-18(20)26-17(15)27(14)4-1-5-30(23,28)29/h6-7,12H,1-5,8H2,(H2,22,25,26)(H2,23,28,29). The molecule has 1 aromatic carbocycles. The molecule has 1 aliphatic rings. The van der Waals surface area contributed by atoms with E-state index in [1.807, 2.05) is 12.1 Å². The number of nitrogens with two attached hydrogens (primary N) is 2. The van der Waals surface area contributed by atoms with Crippen LogP contribution in [0.25, 0.3) is 11.2 Å². The fraction of sp³-hybridized carbons (Fsp3) is 0.389. The van der Waals surface area contributed by atoms with Gasteiger partial charge in [-0.25, -0.2) is 22.9 Å². The van der Waals surface area contributed by atoms with Gasteiger partial charge in [-0.2, -0.15) is 14.4 Å². The van der Waals surface area contributed by atoms with Gasteiger partial charge in [0.2, 0.25) is 10.0 Å². The molecule has 0 bridgehead atoms. The summed E-state index contributed by atoms with van der Waals surface area (Å²) in [6.07, 6.45) is -0.273. The minimum atomic E-state index is -3.65. The zero-order valence-corrected chi connectivity index (χ0v) is 18.8. The molecule has 0 saturated heterocycles. The topological polar surface area (TPSA) is 130 Å². The van der Waals surface area contributed by atoms with E-state index in [4.69, 9.17) is 10.9 Å². The first-order valence-corrected chi connectivity index (χ1v) is 12.1. The normalized spacial score (nSPS) is 16.3. The van der Waals surface area contributed by atoms with Crippen molar-refractivity contribution in [3.63, 3.8) is 0 Å². The number of aromatic nitrogens is 4. The van der Waals surface area contributed by atoms with Crippen LogP contribution in [0.3, 0.4) is 0 Å². The zero-order valence-electron chi connectivity index (χ0n) is 15.8. The van der Waals surface area contributed by atoms with E-state index in [-0.39, 0.29) is 35.7 Å². The number of hydrogen-bond donors (Lipinski definition) is 2. The van der Waals surface area contributed by atoms with Crippen molar-refractivity contribution < 1.29 is 17.2 Å². The molecule has 4 rings (SSSR count). The third-order valence-electron chi connectivity index (χ3n) is 5.15. The number of anilines is 1. The van der Waals surface area contributed by atoms with Gasteiger partial charge in [0.05, 0.1) is 5.75 Å². The molecule has 0 radical (unpaired) electrons. The van der Waals surface area contributed by atoms with E-state index < -0.39 is 22.3 Å². The second-order valence-electron chi connectivity index (χ2n) is 7.28. The molecule has 0 fully saturated rings. The van der Waals surface area contributed by atoms with Crippen molar-refractivity contribution in [2.75, 3.05) is 11.5 Å².